The second kappa shape index (κ2) is 7.71. The Morgan fingerprint density at radius 2 is 1.50 bits per heavy atom. The number of hydrogen-bond donors (Lipinski definition) is 1. The van der Waals surface area contributed by atoms with Gasteiger partial charge in [0, 0.05) is 27.9 Å². The lowest BCUT2D eigenvalue weighted by molar-refractivity contribution is -0.119. The molecule has 148 valence electrons. The molecule has 3 aromatic carbocycles. The van der Waals surface area contributed by atoms with Crippen molar-refractivity contribution < 1.29 is 28.3 Å². The molecule has 0 spiro atoms. The Hall–Kier alpha value is -4.13. The first-order valence-electron chi connectivity index (χ1n) is 8.99. The summed E-state index contributed by atoms with van der Waals surface area (Å²) >= 11 is 0. The quantitative estimate of drug-likeness (QED) is 0.528. The summed E-state index contributed by atoms with van der Waals surface area (Å²) in [6.45, 7) is -0.641. The number of anilines is 1. The molecule has 0 atom stereocenters. The highest BCUT2D eigenvalue weighted by Crippen LogP contribution is 2.29. The highest BCUT2D eigenvalue weighted by atomic mass is 19.1. The summed E-state index contributed by atoms with van der Waals surface area (Å²) < 4.78 is 18.2. The maximum Gasteiger partial charge on any atom is 0.339 e. The lowest BCUT2D eigenvalue weighted by Crippen LogP contribution is -2.26. The van der Waals surface area contributed by atoms with Crippen LogP contribution in [-0.4, -0.2) is 30.0 Å². The fraction of sp³-hybridized carbons (Fsp3) is 0.0435. The summed E-state index contributed by atoms with van der Waals surface area (Å²) in [4.78, 5) is 50.2. The van der Waals surface area contributed by atoms with E-state index < -0.39 is 30.1 Å². The van der Waals surface area contributed by atoms with Gasteiger partial charge in [0.05, 0.1) is 5.56 Å². The van der Waals surface area contributed by atoms with Crippen LogP contribution in [0.15, 0.2) is 66.7 Å². The first-order chi connectivity index (χ1) is 14.5. The molecule has 0 radical (unpaired) electrons. The summed E-state index contributed by atoms with van der Waals surface area (Å²) in [5.74, 6) is -2.94. The fourth-order valence-electron chi connectivity index (χ4n) is 3.29. The van der Waals surface area contributed by atoms with Gasteiger partial charge in [-0.15, -0.1) is 0 Å². The van der Waals surface area contributed by atoms with Gasteiger partial charge in [0.15, 0.2) is 18.2 Å². The Morgan fingerprint density at radius 3 is 2.23 bits per heavy atom. The summed E-state index contributed by atoms with van der Waals surface area (Å²) in [5.41, 5.74) is 0.660. The highest BCUT2D eigenvalue weighted by molar-refractivity contribution is 6.30. The molecule has 1 aliphatic carbocycles. The van der Waals surface area contributed by atoms with Crippen molar-refractivity contribution in [2.45, 2.75) is 0 Å². The number of benzene rings is 3. The van der Waals surface area contributed by atoms with Gasteiger partial charge >= 0.3 is 5.97 Å². The first kappa shape index (κ1) is 19.2. The minimum Gasteiger partial charge on any atom is -0.452 e. The lowest BCUT2D eigenvalue weighted by Gasteiger charge is -2.19. The molecule has 1 N–H and O–H groups in total. The predicted molar refractivity (Wildman–Crippen MR) is 105 cm³/mol. The van der Waals surface area contributed by atoms with Crippen molar-refractivity contribution in [3.63, 3.8) is 0 Å². The standard InChI is InChI=1S/C23H14FNO5/c24-13-5-3-6-14(11-13)25-19(26)12-30-23(29)18-10-4-9-17-20(18)22(28)16-8-2-1-7-15(16)21(17)27/h1-11H,12H2,(H,25,26). The Kier molecular flexibility index (Phi) is 4.93. The number of fused-ring (bicyclic) bond motifs is 2. The third-order valence-electron chi connectivity index (χ3n) is 4.62. The van der Waals surface area contributed by atoms with Crippen LogP contribution >= 0.6 is 0 Å². The van der Waals surface area contributed by atoms with Gasteiger partial charge in [0.1, 0.15) is 5.82 Å². The van der Waals surface area contributed by atoms with Gasteiger partial charge in [-0.05, 0) is 24.3 Å². The number of ketones is 2. The van der Waals surface area contributed by atoms with Gasteiger partial charge in [0.25, 0.3) is 5.91 Å². The molecule has 3 aromatic rings. The zero-order chi connectivity index (χ0) is 21.3. The monoisotopic (exact) mass is 403 g/mol. The predicted octanol–water partition coefficient (Wildman–Crippen LogP) is 3.40. The van der Waals surface area contributed by atoms with E-state index in [0.717, 1.165) is 6.07 Å². The van der Waals surface area contributed by atoms with Crippen LogP contribution in [0.4, 0.5) is 10.1 Å². The Morgan fingerprint density at radius 1 is 0.833 bits per heavy atom. The van der Waals surface area contributed by atoms with Gasteiger partial charge in [-0.3, -0.25) is 14.4 Å². The molecule has 0 unspecified atom stereocenters. The van der Waals surface area contributed by atoms with Crippen LogP contribution in [0.25, 0.3) is 0 Å². The van der Waals surface area contributed by atoms with Crippen LogP contribution < -0.4 is 5.32 Å². The van der Waals surface area contributed by atoms with Crippen molar-refractivity contribution in [2.75, 3.05) is 11.9 Å². The molecule has 1 aliphatic rings. The van der Waals surface area contributed by atoms with Crippen LogP contribution in [0, 0.1) is 5.82 Å². The molecule has 0 heterocycles. The molecule has 30 heavy (non-hydrogen) atoms. The van der Waals surface area contributed by atoms with Crippen molar-refractivity contribution in [1.29, 1.82) is 0 Å². The number of rotatable bonds is 4. The largest absolute Gasteiger partial charge is 0.452 e. The topological polar surface area (TPSA) is 89.5 Å². The van der Waals surface area contributed by atoms with E-state index in [1.165, 1.54) is 42.5 Å². The van der Waals surface area contributed by atoms with Gasteiger partial charge in [-0.1, -0.05) is 42.5 Å². The fourth-order valence-corrected chi connectivity index (χ4v) is 3.29. The molecule has 0 fully saturated rings. The van der Waals surface area contributed by atoms with E-state index >= 15 is 0 Å². The normalized spacial score (nSPS) is 12.0. The van der Waals surface area contributed by atoms with Crippen LogP contribution in [0.1, 0.15) is 42.2 Å². The van der Waals surface area contributed by atoms with Gasteiger partial charge in [-0.25, -0.2) is 9.18 Å². The zero-order valence-electron chi connectivity index (χ0n) is 15.5. The van der Waals surface area contributed by atoms with Crippen molar-refractivity contribution in [3.05, 3.63) is 100 Å². The second-order valence-electron chi connectivity index (χ2n) is 6.57. The summed E-state index contributed by atoms with van der Waals surface area (Å²) in [7, 11) is 0. The second-order valence-corrected chi connectivity index (χ2v) is 6.57. The molecule has 0 aliphatic heterocycles. The average Bonchev–Trinajstić information content (AvgIpc) is 2.75. The van der Waals surface area contributed by atoms with E-state index in [1.54, 1.807) is 18.2 Å². The number of hydrogen-bond acceptors (Lipinski definition) is 5. The molecular formula is C23H14FNO5. The number of carbonyl (C=O) groups excluding carboxylic acids is 4. The van der Waals surface area contributed by atoms with Gasteiger partial charge in [-0.2, -0.15) is 0 Å². The molecule has 0 aromatic heterocycles. The summed E-state index contributed by atoms with van der Waals surface area (Å²) in [6, 6.07) is 15.9. The van der Waals surface area contributed by atoms with Crippen molar-refractivity contribution in [2.24, 2.45) is 0 Å². The molecule has 0 bridgehead atoms. The maximum absolute atomic E-state index is 13.2. The minimum atomic E-state index is -0.915. The zero-order valence-corrected chi connectivity index (χ0v) is 15.5. The Balaban J connectivity index is 1.54. The Bertz CT molecular complexity index is 1220. The van der Waals surface area contributed by atoms with Crippen LogP contribution in [0.3, 0.4) is 0 Å². The smallest absolute Gasteiger partial charge is 0.339 e. The molecule has 6 nitrogen and oxygen atoms in total. The van der Waals surface area contributed by atoms with Crippen molar-refractivity contribution >= 4 is 29.1 Å². The van der Waals surface area contributed by atoms with E-state index in [2.05, 4.69) is 5.32 Å². The van der Waals surface area contributed by atoms with Crippen molar-refractivity contribution in [3.8, 4) is 0 Å². The third-order valence-corrected chi connectivity index (χ3v) is 4.62. The van der Waals surface area contributed by atoms with Crippen molar-refractivity contribution in [1.82, 2.24) is 0 Å². The maximum atomic E-state index is 13.2. The molecule has 4 rings (SSSR count). The van der Waals surface area contributed by atoms with E-state index in [4.69, 9.17) is 4.74 Å². The van der Waals surface area contributed by atoms with E-state index in [-0.39, 0.29) is 39.3 Å². The molecule has 0 saturated heterocycles. The number of carbonyl (C=O) groups is 4. The van der Waals surface area contributed by atoms with E-state index in [9.17, 15) is 23.6 Å². The SMILES string of the molecule is O=C(COC(=O)c1cccc2c1C(=O)c1ccccc1C2=O)Nc1cccc(F)c1. The van der Waals surface area contributed by atoms with Crippen LogP contribution in [-0.2, 0) is 9.53 Å². The molecular weight excluding hydrogens is 389 g/mol. The summed E-state index contributed by atoms with van der Waals surface area (Å²) in [5, 5.41) is 2.40. The molecule has 0 saturated carbocycles. The highest BCUT2D eigenvalue weighted by Gasteiger charge is 2.33. The molecule has 1 amide bonds. The number of amides is 1. The number of halogens is 1. The van der Waals surface area contributed by atoms with Crippen LogP contribution in [0.5, 0.6) is 0 Å². The van der Waals surface area contributed by atoms with Crippen LogP contribution in [0.2, 0.25) is 0 Å². The van der Waals surface area contributed by atoms with E-state index in [0.29, 0.717) is 0 Å². The van der Waals surface area contributed by atoms with Gasteiger partial charge in [0.2, 0.25) is 0 Å². The third kappa shape index (κ3) is 3.48. The number of esters is 1. The van der Waals surface area contributed by atoms with E-state index in [1.807, 2.05) is 0 Å². The van der Waals surface area contributed by atoms with Gasteiger partial charge < -0.3 is 10.1 Å². The Labute approximate surface area is 170 Å². The summed E-state index contributed by atoms with van der Waals surface area (Å²) in [6.07, 6.45) is 0. The minimum absolute atomic E-state index is 0.0447. The number of nitrogens with one attached hydrogen (secondary N) is 1. The average molecular weight is 403 g/mol. The lowest BCUT2D eigenvalue weighted by atomic mass is 9.82. The number of ether oxygens (including phenoxy) is 1. The first-order valence-corrected chi connectivity index (χ1v) is 8.99. The molecule has 7 heteroatoms.